The molecule has 3 aromatic carbocycles. The Kier molecular flexibility index (Phi) is 9.57. The van der Waals surface area contributed by atoms with E-state index in [1.54, 1.807) is 18.2 Å². The Bertz CT molecular complexity index is 1740. The van der Waals surface area contributed by atoms with Gasteiger partial charge in [0.2, 0.25) is 15.9 Å². The van der Waals surface area contributed by atoms with Crippen LogP contribution in [0.25, 0.3) is 5.69 Å². The van der Waals surface area contributed by atoms with Crippen molar-refractivity contribution in [3.63, 3.8) is 0 Å². The van der Waals surface area contributed by atoms with Crippen molar-refractivity contribution in [2.75, 3.05) is 25.2 Å². The number of nitrogens with one attached hydrogen (secondary N) is 2. The molecule has 0 spiro atoms. The number of halogens is 3. The summed E-state index contributed by atoms with van der Waals surface area (Å²) in [6.07, 6.45) is -4.61. The second-order valence-electron chi connectivity index (χ2n) is 9.48. The lowest BCUT2D eigenvalue weighted by molar-refractivity contribution is -0.137. The van der Waals surface area contributed by atoms with E-state index in [9.17, 15) is 31.2 Å². The number of nitrogens with zero attached hydrogens (tertiary/aromatic N) is 4. The Morgan fingerprint density at radius 3 is 2.33 bits per heavy atom. The van der Waals surface area contributed by atoms with Crippen LogP contribution in [-0.4, -0.2) is 59.2 Å². The zero-order valence-corrected chi connectivity index (χ0v) is 24.8. The summed E-state index contributed by atoms with van der Waals surface area (Å²) in [5, 5.41) is 13.7. The van der Waals surface area contributed by atoms with Crippen LogP contribution in [0.4, 0.5) is 18.9 Å². The van der Waals surface area contributed by atoms with Gasteiger partial charge in [0.05, 0.1) is 28.4 Å². The smallest absolute Gasteiger partial charge is 0.345 e. The van der Waals surface area contributed by atoms with Gasteiger partial charge in [-0.3, -0.25) is 14.2 Å². The molecule has 0 atom stereocenters. The summed E-state index contributed by atoms with van der Waals surface area (Å²) in [6.45, 7) is 1.66. The summed E-state index contributed by atoms with van der Waals surface area (Å²) in [5.41, 5.74) is 0.903. The van der Waals surface area contributed by atoms with Crippen LogP contribution < -0.4 is 10.6 Å². The maximum absolute atomic E-state index is 13.5. The summed E-state index contributed by atoms with van der Waals surface area (Å²) in [6, 6.07) is 17.0. The Morgan fingerprint density at radius 2 is 1.67 bits per heavy atom. The molecule has 43 heavy (non-hydrogen) atoms. The molecular weight excluding hydrogens is 605 g/mol. The van der Waals surface area contributed by atoms with Crippen molar-refractivity contribution in [3.8, 4) is 5.69 Å². The van der Waals surface area contributed by atoms with Gasteiger partial charge in [0.25, 0.3) is 5.91 Å². The predicted octanol–water partition coefficient (Wildman–Crippen LogP) is 4.51. The number of benzene rings is 3. The third-order valence-electron chi connectivity index (χ3n) is 6.07. The van der Waals surface area contributed by atoms with E-state index < -0.39 is 27.7 Å². The quantitative estimate of drug-likeness (QED) is 0.247. The van der Waals surface area contributed by atoms with E-state index in [4.69, 9.17) is 0 Å². The Morgan fingerprint density at radius 1 is 0.977 bits per heavy atom. The minimum absolute atomic E-state index is 0.00596. The highest BCUT2D eigenvalue weighted by Gasteiger charge is 2.31. The van der Waals surface area contributed by atoms with E-state index >= 15 is 0 Å². The fourth-order valence-electron chi connectivity index (χ4n) is 3.89. The van der Waals surface area contributed by atoms with Crippen molar-refractivity contribution in [1.82, 2.24) is 24.4 Å². The first-order valence-corrected chi connectivity index (χ1v) is 15.1. The molecule has 4 aromatic rings. The van der Waals surface area contributed by atoms with Crippen molar-refractivity contribution in [3.05, 3.63) is 95.3 Å². The van der Waals surface area contributed by atoms with Crippen LogP contribution in [0.3, 0.4) is 0 Å². The summed E-state index contributed by atoms with van der Waals surface area (Å²) >= 11 is 0.967. The maximum atomic E-state index is 13.5. The highest BCUT2D eigenvalue weighted by Crippen LogP contribution is 2.32. The topological polar surface area (TPSA) is 126 Å². The predicted molar refractivity (Wildman–Crippen MR) is 155 cm³/mol. The van der Waals surface area contributed by atoms with Crippen LogP contribution >= 0.6 is 11.8 Å². The van der Waals surface area contributed by atoms with Crippen molar-refractivity contribution in [1.29, 1.82) is 0 Å². The first-order valence-electron chi connectivity index (χ1n) is 12.7. The van der Waals surface area contributed by atoms with Gasteiger partial charge in [-0.05, 0) is 67.1 Å². The average molecular weight is 633 g/mol. The number of amides is 2. The third kappa shape index (κ3) is 7.80. The Hall–Kier alpha value is -4.21. The van der Waals surface area contributed by atoms with Crippen molar-refractivity contribution < 1.29 is 31.2 Å². The van der Waals surface area contributed by atoms with Gasteiger partial charge in [-0.1, -0.05) is 30.0 Å². The number of carbonyl (C=O) groups excluding carboxylic acids is 2. The molecule has 0 aliphatic carbocycles. The van der Waals surface area contributed by atoms with Gasteiger partial charge in [0.1, 0.15) is 0 Å². The molecule has 226 valence electrons. The number of anilines is 1. The normalized spacial score (nSPS) is 11.9. The molecule has 4 rings (SSSR count). The number of aryl methyl sites for hydroxylation is 1. The van der Waals surface area contributed by atoms with Crippen molar-refractivity contribution in [2.24, 2.45) is 0 Å². The van der Waals surface area contributed by atoms with E-state index in [1.807, 2.05) is 13.0 Å². The zero-order valence-electron chi connectivity index (χ0n) is 23.2. The fourth-order valence-corrected chi connectivity index (χ4v) is 5.56. The van der Waals surface area contributed by atoms with Gasteiger partial charge in [-0.15, -0.1) is 10.2 Å². The van der Waals surface area contributed by atoms with Gasteiger partial charge >= 0.3 is 6.18 Å². The van der Waals surface area contributed by atoms with E-state index in [1.165, 1.54) is 55.1 Å². The molecule has 15 heteroatoms. The first kappa shape index (κ1) is 31.7. The fraction of sp³-hybridized carbons (Fsp3) is 0.214. The molecule has 0 radical (unpaired) electrons. The number of hydrogen-bond donors (Lipinski definition) is 2. The van der Waals surface area contributed by atoms with Gasteiger partial charge in [-0.2, -0.15) is 13.2 Å². The summed E-state index contributed by atoms with van der Waals surface area (Å²) in [4.78, 5) is 25.4. The lowest BCUT2D eigenvalue weighted by Crippen LogP contribution is -2.25. The molecule has 1 heterocycles. The van der Waals surface area contributed by atoms with Crippen LogP contribution in [0.1, 0.15) is 27.3 Å². The summed E-state index contributed by atoms with van der Waals surface area (Å²) in [5.74, 6) is -0.927. The highest BCUT2D eigenvalue weighted by atomic mass is 32.2. The SMILES string of the molecule is Cc1cccc(NC(=O)CSc2nnc(CNC(=O)c3ccc(S(=O)(=O)N(C)C)cc3)n2-c2cccc(C(F)(F)F)c2)c1. The second-order valence-corrected chi connectivity index (χ2v) is 12.6. The molecule has 10 nitrogen and oxygen atoms in total. The van der Waals surface area contributed by atoms with Gasteiger partial charge < -0.3 is 10.6 Å². The second kappa shape index (κ2) is 13.0. The molecule has 0 saturated heterocycles. The molecule has 0 aliphatic heterocycles. The number of alkyl halides is 3. The number of hydrogen-bond acceptors (Lipinski definition) is 7. The monoisotopic (exact) mass is 632 g/mol. The first-order chi connectivity index (χ1) is 20.3. The molecule has 1 aromatic heterocycles. The molecule has 2 N–H and O–H groups in total. The molecule has 0 unspecified atom stereocenters. The van der Waals surface area contributed by atoms with E-state index in [-0.39, 0.29) is 45.3 Å². The number of aromatic nitrogens is 3. The molecule has 2 amide bonds. The maximum Gasteiger partial charge on any atom is 0.416 e. The van der Waals surface area contributed by atoms with E-state index in [0.29, 0.717) is 5.69 Å². The lowest BCUT2D eigenvalue weighted by atomic mass is 10.2. The van der Waals surface area contributed by atoms with E-state index in [2.05, 4.69) is 20.8 Å². The minimum atomic E-state index is -4.61. The van der Waals surface area contributed by atoms with Crippen LogP contribution in [0.5, 0.6) is 0 Å². The molecule has 0 saturated carbocycles. The Balaban J connectivity index is 1.55. The van der Waals surface area contributed by atoms with Gasteiger partial charge in [-0.25, -0.2) is 12.7 Å². The van der Waals surface area contributed by atoms with Crippen molar-refractivity contribution >= 4 is 39.3 Å². The highest BCUT2D eigenvalue weighted by molar-refractivity contribution is 7.99. The number of rotatable bonds is 10. The third-order valence-corrected chi connectivity index (χ3v) is 8.83. The summed E-state index contributed by atoms with van der Waals surface area (Å²) in [7, 11) is -0.908. The van der Waals surface area contributed by atoms with Crippen LogP contribution in [0.15, 0.2) is 82.8 Å². The summed E-state index contributed by atoms with van der Waals surface area (Å²) < 4.78 is 67.5. The van der Waals surface area contributed by atoms with Gasteiger partial charge in [0.15, 0.2) is 11.0 Å². The number of sulfonamides is 1. The number of carbonyl (C=O) groups is 2. The average Bonchev–Trinajstić information content (AvgIpc) is 3.37. The molecule has 0 fully saturated rings. The zero-order chi connectivity index (χ0) is 31.4. The van der Waals surface area contributed by atoms with Crippen LogP contribution in [0.2, 0.25) is 0 Å². The van der Waals surface area contributed by atoms with E-state index in [0.717, 1.165) is 33.8 Å². The van der Waals surface area contributed by atoms with Crippen LogP contribution in [-0.2, 0) is 27.5 Å². The Labute approximate surface area is 250 Å². The molecule has 0 aliphatic rings. The standard InChI is InChI=1S/C28H27F3N6O4S2/c1-18-6-4-8-21(14-18)33-25(38)17-42-27-35-34-24(37(27)22-9-5-7-20(15-22)28(29,30)31)16-32-26(39)19-10-12-23(13-11-19)43(40,41)36(2)3/h4-15H,16-17H2,1-3H3,(H,32,39)(H,33,38). The number of thioether (sulfide) groups is 1. The minimum Gasteiger partial charge on any atom is -0.345 e. The van der Waals surface area contributed by atoms with Gasteiger partial charge in [0, 0.05) is 25.3 Å². The lowest BCUT2D eigenvalue weighted by Gasteiger charge is -2.14. The largest absolute Gasteiger partial charge is 0.416 e. The molecular formula is C28H27F3N6O4S2. The van der Waals surface area contributed by atoms with Crippen LogP contribution in [0, 0.1) is 6.92 Å². The molecule has 0 bridgehead atoms. The van der Waals surface area contributed by atoms with Crippen molar-refractivity contribution in [2.45, 2.75) is 29.7 Å².